The monoisotopic (exact) mass is 308 g/mol. The molecule has 0 spiro atoms. The first-order valence-corrected chi connectivity index (χ1v) is 6.78. The summed E-state index contributed by atoms with van der Waals surface area (Å²) in [6.07, 6.45) is 1.55. The molecule has 1 amide bonds. The molecule has 2 rings (SSSR count). The summed E-state index contributed by atoms with van der Waals surface area (Å²) in [5, 5.41) is 7.33. The van der Waals surface area contributed by atoms with Gasteiger partial charge in [-0.25, -0.2) is 9.97 Å². The zero-order valence-electron chi connectivity index (χ0n) is 12.2. The maximum Gasteiger partial charge on any atom is 0.242 e. The number of carbonyl (C=O) groups is 1. The van der Waals surface area contributed by atoms with Crippen LogP contribution in [0.3, 0.4) is 0 Å². The van der Waals surface area contributed by atoms with Crippen LogP contribution in [-0.2, 0) is 11.3 Å². The fourth-order valence-corrected chi connectivity index (χ4v) is 1.87. The Morgan fingerprint density at radius 3 is 2.71 bits per heavy atom. The molecule has 0 aliphatic carbocycles. The first-order valence-electron chi connectivity index (χ1n) is 6.40. The first-order chi connectivity index (χ1) is 9.95. The lowest BCUT2D eigenvalue weighted by atomic mass is 10.4. The summed E-state index contributed by atoms with van der Waals surface area (Å²) in [5.41, 5.74) is 0. The number of aromatic nitrogens is 4. The van der Waals surface area contributed by atoms with Crippen LogP contribution in [-0.4, -0.2) is 51.6 Å². The van der Waals surface area contributed by atoms with E-state index in [-0.39, 0.29) is 12.5 Å². The van der Waals surface area contributed by atoms with Gasteiger partial charge in [0.2, 0.25) is 5.91 Å². The van der Waals surface area contributed by atoms with Crippen LogP contribution >= 0.6 is 11.6 Å². The highest BCUT2D eigenvalue weighted by atomic mass is 35.5. The minimum Gasteiger partial charge on any atom is -0.350 e. The van der Waals surface area contributed by atoms with Gasteiger partial charge in [-0.3, -0.25) is 9.89 Å². The Labute approximate surface area is 127 Å². The maximum atomic E-state index is 12.2. The van der Waals surface area contributed by atoms with E-state index in [1.54, 1.807) is 42.2 Å². The second kappa shape index (κ2) is 6.53. The lowest BCUT2D eigenvalue weighted by molar-refractivity contribution is -0.129. The van der Waals surface area contributed by atoms with E-state index in [0.29, 0.717) is 23.2 Å². The molecule has 0 saturated carbocycles. The van der Waals surface area contributed by atoms with Crippen molar-refractivity contribution in [2.24, 2.45) is 0 Å². The van der Waals surface area contributed by atoms with Gasteiger partial charge in [0.15, 0.2) is 5.82 Å². The Balaban J connectivity index is 1.92. The lowest BCUT2D eigenvalue weighted by Gasteiger charge is -2.21. The molecule has 21 heavy (non-hydrogen) atoms. The van der Waals surface area contributed by atoms with Crippen LogP contribution in [0.5, 0.6) is 0 Å². The van der Waals surface area contributed by atoms with Crippen molar-refractivity contribution in [3.63, 3.8) is 0 Å². The van der Waals surface area contributed by atoms with Crippen molar-refractivity contribution in [2.75, 3.05) is 25.5 Å². The molecule has 0 unspecified atom stereocenters. The zero-order valence-corrected chi connectivity index (χ0v) is 12.9. The summed E-state index contributed by atoms with van der Waals surface area (Å²) in [6.45, 7) is 2.40. The van der Waals surface area contributed by atoms with Gasteiger partial charge in [0.05, 0.1) is 18.1 Å². The van der Waals surface area contributed by atoms with Gasteiger partial charge in [-0.1, -0.05) is 11.6 Å². The predicted molar refractivity (Wildman–Crippen MR) is 80.1 cm³/mol. The van der Waals surface area contributed by atoms with Crippen LogP contribution < -0.4 is 4.90 Å². The van der Waals surface area contributed by atoms with Crippen molar-refractivity contribution in [3.05, 3.63) is 35.0 Å². The van der Waals surface area contributed by atoms with E-state index < -0.39 is 0 Å². The molecule has 0 aliphatic heterocycles. The predicted octanol–water partition coefficient (Wildman–Crippen LogP) is 1.26. The topological polar surface area (TPSA) is 78.0 Å². The number of likely N-dealkylation sites (N-methyl/N-ethyl adjacent to an activating group) is 2. The smallest absolute Gasteiger partial charge is 0.242 e. The van der Waals surface area contributed by atoms with Crippen LogP contribution in [0, 0.1) is 6.92 Å². The number of halogens is 1. The molecule has 0 radical (unpaired) electrons. The Hall–Kier alpha value is -2.15. The van der Waals surface area contributed by atoms with Crippen molar-refractivity contribution in [1.82, 2.24) is 25.1 Å². The van der Waals surface area contributed by atoms with Crippen LogP contribution in [0.1, 0.15) is 11.6 Å². The van der Waals surface area contributed by atoms with Gasteiger partial charge in [0.1, 0.15) is 11.6 Å². The largest absolute Gasteiger partial charge is 0.350 e. The van der Waals surface area contributed by atoms with E-state index in [0.717, 1.165) is 5.82 Å². The van der Waals surface area contributed by atoms with E-state index in [9.17, 15) is 4.79 Å². The number of aromatic amines is 1. The lowest BCUT2D eigenvalue weighted by Crippen LogP contribution is -2.36. The standard InChI is InChI=1S/C13H17ClN6O/c1-9-16-11(18-17-9)7-20(3)13(21)8-19(2)12-5-4-10(14)6-15-12/h4-6H,7-8H2,1-3H3,(H,16,17,18). The van der Waals surface area contributed by atoms with Crippen molar-refractivity contribution in [1.29, 1.82) is 0 Å². The van der Waals surface area contributed by atoms with Gasteiger partial charge < -0.3 is 9.80 Å². The molecule has 0 aliphatic rings. The summed E-state index contributed by atoms with van der Waals surface area (Å²) in [5.74, 6) is 1.97. The Morgan fingerprint density at radius 2 is 2.14 bits per heavy atom. The fraction of sp³-hybridized carbons (Fsp3) is 0.385. The number of hydrogen-bond acceptors (Lipinski definition) is 5. The molecule has 0 fully saturated rings. The van der Waals surface area contributed by atoms with Crippen LogP contribution in [0.4, 0.5) is 5.82 Å². The SMILES string of the molecule is Cc1nc(CN(C)C(=O)CN(C)c2ccc(Cl)cn2)n[nH]1. The van der Waals surface area contributed by atoms with E-state index in [2.05, 4.69) is 20.2 Å². The summed E-state index contributed by atoms with van der Waals surface area (Å²) >= 11 is 5.79. The molecular formula is C13H17ClN6O. The molecule has 7 nitrogen and oxygen atoms in total. The number of amides is 1. The fourth-order valence-electron chi connectivity index (χ4n) is 1.76. The van der Waals surface area contributed by atoms with E-state index in [4.69, 9.17) is 11.6 Å². The van der Waals surface area contributed by atoms with Gasteiger partial charge >= 0.3 is 0 Å². The number of pyridine rings is 1. The second-order valence-electron chi connectivity index (χ2n) is 4.78. The van der Waals surface area contributed by atoms with Crippen LogP contribution in [0.2, 0.25) is 5.02 Å². The number of aryl methyl sites for hydroxylation is 1. The third-order valence-electron chi connectivity index (χ3n) is 2.92. The number of anilines is 1. The van der Waals surface area contributed by atoms with E-state index in [1.165, 1.54) is 0 Å². The maximum absolute atomic E-state index is 12.2. The molecule has 0 saturated heterocycles. The Morgan fingerprint density at radius 1 is 1.38 bits per heavy atom. The van der Waals surface area contributed by atoms with Crippen molar-refractivity contribution >= 4 is 23.3 Å². The number of H-pyrrole nitrogens is 1. The van der Waals surface area contributed by atoms with Gasteiger partial charge in [-0.2, -0.15) is 5.10 Å². The number of rotatable bonds is 5. The van der Waals surface area contributed by atoms with Gasteiger partial charge in [-0.15, -0.1) is 0 Å². The number of nitrogens with zero attached hydrogens (tertiary/aromatic N) is 5. The van der Waals surface area contributed by atoms with E-state index in [1.807, 2.05) is 6.92 Å². The summed E-state index contributed by atoms with van der Waals surface area (Å²) in [4.78, 5) is 23.9. The zero-order chi connectivity index (χ0) is 15.4. The van der Waals surface area contributed by atoms with Crippen LogP contribution in [0.25, 0.3) is 0 Å². The highest BCUT2D eigenvalue weighted by Gasteiger charge is 2.14. The molecule has 1 N–H and O–H groups in total. The quantitative estimate of drug-likeness (QED) is 0.899. The number of hydrogen-bond donors (Lipinski definition) is 1. The van der Waals surface area contributed by atoms with Gasteiger partial charge in [0.25, 0.3) is 0 Å². The Kier molecular flexibility index (Phi) is 4.74. The minimum absolute atomic E-state index is 0.0447. The molecule has 0 bridgehead atoms. The summed E-state index contributed by atoms with van der Waals surface area (Å²) in [6, 6.07) is 3.51. The number of carbonyl (C=O) groups excluding carboxylic acids is 1. The van der Waals surface area contributed by atoms with Crippen molar-refractivity contribution < 1.29 is 4.79 Å². The number of nitrogens with one attached hydrogen (secondary N) is 1. The molecule has 8 heteroatoms. The Bertz CT molecular complexity index is 611. The molecule has 112 valence electrons. The van der Waals surface area contributed by atoms with Crippen LogP contribution in [0.15, 0.2) is 18.3 Å². The second-order valence-corrected chi connectivity index (χ2v) is 5.21. The first kappa shape index (κ1) is 15.2. The van der Waals surface area contributed by atoms with E-state index >= 15 is 0 Å². The molecular weight excluding hydrogens is 292 g/mol. The van der Waals surface area contributed by atoms with Crippen molar-refractivity contribution in [2.45, 2.75) is 13.5 Å². The van der Waals surface area contributed by atoms with Gasteiger partial charge in [-0.05, 0) is 19.1 Å². The third kappa shape index (κ3) is 4.16. The molecule has 2 heterocycles. The third-order valence-corrected chi connectivity index (χ3v) is 3.15. The summed E-state index contributed by atoms with van der Waals surface area (Å²) in [7, 11) is 3.52. The average molecular weight is 309 g/mol. The molecule has 0 atom stereocenters. The normalized spacial score (nSPS) is 10.5. The average Bonchev–Trinajstić information content (AvgIpc) is 2.84. The van der Waals surface area contributed by atoms with Gasteiger partial charge in [0, 0.05) is 20.3 Å². The highest BCUT2D eigenvalue weighted by Crippen LogP contribution is 2.12. The highest BCUT2D eigenvalue weighted by molar-refractivity contribution is 6.30. The van der Waals surface area contributed by atoms with Crippen molar-refractivity contribution in [3.8, 4) is 0 Å². The molecule has 2 aromatic heterocycles. The minimum atomic E-state index is -0.0447. The molecule has 0 aromatic carbocycles. The summed E-state index contributed by atoms with van der Waals surface area (Å²) < 4.78 is 0. The molecule has 2 aromatic rings.